The molecule has 0 atom stereocenters. The van der Waals surface area contributed by atoms with Gasteiger partial charge in [0, 0.05) is 7.05 Å². The summed E-state index contributed by atoms with van der Waals surface area (Å²) in [6.07, 6.45) is 1.80. The van der Waals surface area contributed by atoms with Gasteiger partial charge in [-0.05, 0) is 96.0 Å². The van der Waals surface area contributed by atoms with E-state index < -0.39 is 5.97 Å². The molecule has 1 amide bonds. The molecule has 0 saturated carbocycles. The number of aliphatic imine (C=N–C) groups is 1. The van der Waals surface area contributed by atoms with Gasteiger partial charge >= 0.3 is 5.97 Å². The maximum absolute atomic E-state index is 13.0. The second-order valence-corrected chi connectivity index (χ2v) is 10.5. The molecular formula is C30H29BrN2O5S. The van der Waals surface area contributed by atoms with Crippen molar-refractivity contribution in [2.24, 2.45) is 4.99 Å². The fourth-order valence-electron chi connectivity index (χ4n) is 3.74. The lowest BCUT2D eigenvalue weighted by molar-refractivity contribution is -0.121. The van der Waals surface area contributed by atoms with Crippen LogP contribution in [0.15, 0.2) is 75.0 Å². The Morgan fingerprint density at radius 3 is 2.54 bits per heavy atom. The molecule has 1 fully saturated rings. The van der Waals surface area contributed by atoms with Crippen LogP contribution in [0.3, 0.4) is 0 Å². The molecule has 0 N–H and O–H groups in total. The van der Waals surface area contributed by atoms with Gasteiger partial charge in [-0.3, -0.25) is 9.69 Å². The lowest BCUT2D eigenvalue weighted by Gasteiger charge is -2.15. The van der Waals surface area contributed by atoms with Crippen LogP contribution >= 0.6 is 27.7 Å². The molecule has 0 aliphatic carbocycles. The number of aryl methyl sites for hydroxylation is 1. The van der Waals surface area contributed by atoms with E-state index in [-0.39, 0.29) is 5.91 Å². The minimum atomic E-state index is -0.411. The third kappa shape index (κ3) is 7.10. The minimum absolute atomic E-state index is 0.172. The summed E-state index contributed by atoms with van der Waals surface area (Å²) in [6, 6.07) is 18.8. The molecule has 9 heteroatoms. The van der Waals surface area contributed by atoms with E-state index in [1.54, 1.807) is 44.3 Å². The molecule has 0 bridgehead atoms. The van der Waals surface area contributed by atoms with Crippen molar-refractivity contribution in [3.05, 3.63) is 92.3 Å². The van der Waals surface area contributed by atoms with E-state index in [1.165, 1.54) is 22.2 Å². The van der Waals surface area contributed by atoms with E-state index in [2.05, 4.69) is 33.1 Å². The van der Waals surface area contributed by atoms with Crippen LogP contribution in [0.4, 0.5) is 5.69 Å². The number of likely N-dealkylation sites (N-methyl/N-ethyl adjacent to an activating group) is 1. The highest BCUT2D eigenvalue weighted by molar-refractivity contribution is 9.10. The summed E-state index contributed by atoms with van der Waals surface area (Å²) >= 11 is 4.88. The van der Waals surface area contributed by atoms with E-state index in [9.17, 15) is 9.59 Å². The van der Waals surface area contributed by atoms with Gasteiger partial charge in [-0.1, -0.05) is 35.9 Å². The maximum atomic E-state index is 13.0. The number of esters is 1. The number of carbonyl (C=O) groups excluding carboxylic acids is 2. The molecule has 3 aromatic rings. The summed E-state index contributed by atoms with van der Waals surface area (Å²) in [7, 11) is 1.67. The first-order chi connectivity index (χ1) is 18.8. The Morgan fingerprint density at radius 2 is 1.82 bits per heavy atom. The Kier molecular flexibility index (Phi) is 9.48. The number of ether oxygens (including phenoxy) is 3. The van der Waals surface area contributed by atoms with Crippen molar-refractivity contribution in [1.29, 1.82) is 0 Å². The molecule has 0 spiro atoms. The first-order valence-electron chi connectivity index (χ1n) is 12.5. The summed E-state index contributed by atoms with van der Waals surface area (Å²) in [4.78, 5) is 31.7. The Labute approximate surface area is 241 Å². The van der Waals surface area contributed by atoms with Crippen LogP contribution in [-0.4, -0.2) is 42.2 Å². The van der Waals surface area contributed by atoms with Gasteiger partial charge in [-0.2, -0.15) is 0 Å². The number of hydrogen-bond acceptors (Lipinski definition) is 7. The molecule has 1 aliphatic heterocycles. The monoisotopic (exact) mass is 608 g/mol. The van der Waals surface area contributed by atoms with Crippen molar-refractivity contribution in [3.63, 3.8) is 0 Å². The summed E-state index contributed by atoms with van der Waals surface area (Å²) in [6.45, 7) is 6.87. The topological polar surface area (TPSA) is 77.4 Å². The molecule has 0 radical (unpaired) electrons. The zero-order chi connectivity index (χ0) is 27.9. The van der Waals surface area contributed by atoms with Gasteiger partial charge < -0.3 is 14.2 Å². The molecule has 0 aromatic heterocycles. The molecule has 3 aromatic carbocycles. The van der Waals surface area contributed by atoms with Gasteiger partial charge in [0.25, 0.3) is 5.91 Å². The molecule has 39 heavy (non-hydrogen) atoms. The average Bonchev–Trinajstić information content (AvgIpc) is 3.17. The van der Waals surface area contributed by atoms with Crippen molar-refractivity contribution < 1.29 is 23.8 Å². The summed E-state index contributed by atoms with van der Waals surface area (Å²) in [5.74, 6) is 0.602. The number of nitrogens with zero attached hydrogens (tertiary/aromatic N) is 2. The number of benzene rings is 3. The van der Waals surface area contributed by atoms with Crippen LogP contribution in [-0.2, 0) is 16.1 Å². The number of amides is 1. The van der Waals surface area contributed by atoms with Crippen molar-refractivity contribution in [2.45, 2.75) is 27.4 Å². The van der Waals surface area contributed by atoms with Gasteiger partial charge in [0.15, 0.2) is 16.7 Å². The number of amidine groups is 1. The van der Waals surface area contributed by atoms with Gasteiger partial charge in [0.2, 0.25) is 0 Å². The smallest absolute Gasteiger partial charge is 0.338 e. The first-order valence-corrected chi connectivity index (χ1v) is 14.1. The number of carbonyl (C=O) groups is 2. The van der Waals surface area contributed by atoms with E-state index in [0.29, 0.717) is 52.6 Å². The molecule has 202 valence electrons. The van der Waals surface area contributed by atoms with Crippen LogP contribution < -0.4 is 9.47 Å². The Morgan fingerprint density at radius 1 is 1.05 bits per heavy atom. The highest BCUT2D eigenvalue weighted by atomic mass is 79.9. The van der Waals surface area contributed by atoms with E-state index >= 15 is 0 Å². The molecule has 1 aliphatic rings. The molecular weight excluding hydrogens is 580 g/mol. The van der Waals surface area contributed by atoms with E-state index in [0.717, 1.165) is 15.6 Å². The van der Waals surface area contributed by atoms with Crippen molar-refractivity contribution in [3.8, 4) is 11.5 Å². The standard InChI is InChI=1S/C30H29BrN2O5S/c1-5-36-25-15-21(14-24(31)27(25)38-18-20-12-10-19(3)11-13-20)16-26-28(34)33(4)30(39-26)32-23-9-7-8-22(17-23)29(35)37-6-2/h7-17H,5-6,18H2,1-4H3. The molecule has 1 saturated heterocycles. The number of thioether (sulfide) groups is 1. The highest BCUT2D eigenvalue weighted by Gasteiger charge is 2.30. The minimum Gasteiger partial charge on any atom is -0.490 e. The van der Waals surface area contributed by atoms with Gasteiger partial charge in [0.05, 0.1) is 33.8 Å². The van der Waals surface area contributed by atoms with Gasteiger partial charge in [-0.25, -0.2) is 9.79 Å². The average molecular weight is 610 g/mol. The summed E-state index contributed by atoms with van der Waals surface area (Å²) < 4.78 is 17.8. The summed E-state index contributed by atoms with van der Waals surface area (Å²) in [5, 5.41) is 0.509. The SMILES string of the molecule is CCOC(=O)c1cccc(N=C2SC(=Cc3cc(Br)c(OCc4ccc(C)cc4)c(OCC)c3)C(=O)N2C)c1. The maximum Gasteiger partial charge on any atom is 0.338 e. The van der Waals surface area contributed by atoms with Crippen molar-refractivity contribution in [1.82, 2.24) is 4.90 Å². The van der Waals surface area contributed by atoms with Crippen LogP contribution in [0, 0.1) is 6.92 Å². The predicted molar refractivity (Wildman–Crippen MR) is 159 cm³/mol. The van der Waals surface area contributed by atoms with E-state index in [4.69, 9.17) is 14.2 Å². The molecule has 4 rings (SSSR count). The Bertz CT molecular complexity index is 1440. The second kappa shape index (κ2) is 13.0. The third-order valence-corrected chi connectivity index (χ3v) is 7.37. The predicted octanol–water partition coefficient (Wildman–Crippen LogP) is 7.15. The van der Waals surface area contributed by atoms with Crippen LogP contribution in [0.5, 0.6) is 11.5 Å². The lowest BCUT2D eigenvalue weighted by atomic mass is 10.1. The van der Waals surface area contributed by atoms with Crippen LogP contribution in [0.1, 0.15) is 40.9 Å². The Hall–Kier alpha value is -3.56. The summed E-state index contributed by atoms with van der Waals surface area (Å²) in [5.41, 5.74) is 3.99. The Balaban J connectivity index is 1.57. The van der Waals surface area contributed by atoms with E-state index in [1.807, 2.05) is 38.1 Å². The second-order valence-electron chi connectivity index (χ2n) is 8.68. The zero-order valence-electron chi connectivity index (χ0n) is 22.2. The first kappa shape index (κ1) is 28.4. The van der Waals surface area contributed by atoms with Crippen LogP contribution in [0.25, 0.3) is 6.08 Å². The largest absolute Gasteiger partial charge is 0.490 e. The number of hydrogen-bond donors (Lipinski definition) is 0. The molecule has 7 nitrogen and oxygen atoms in total. The number of halogens is 1. The molecule has 1 heterocycles. The lowest BCUT2D eigenvalue weighted by Crippen LogP contribution is -2.23. The fraction of sp³-hybridized carbons (Fsp3) is 0.233. The van der Waals surface area contributed by atoms with Gasteiger partial charge in [0.1, 0.15) is 6.61 Å². The zero-order valence-corrected chi connectivity index (χ0v) is 24.6. The van der Waals surface area contributed by atoms with Gasteiger partial charge in [-0.15, -0.1) is 0 Å². The van der Waals surface area contributed by atoms with Crippen LogP contribution in [0.2, 0.25) is 0 Å². The third-order valence-electron chi connectivity index (χ3n) is 5.72. The highest BCUT2D eigenvalue weighted by Crippen LogP contribution is 2.40. The van der Waals surface area contributed by atoms with Crippen molar-refractivity contribution in [2.75, 3.05) is 20.3 Å². The van der Waals surface area contributed by atoms with Crippen molar-refractivity contribution >= 4 is 56.5 Å². The fourth-order valence-corrected chi connectivity index (χ4v) is 5.31. The molecule has 0 unspecified atom stereocenters. The normalized spacial score (nSPS) is 15.2. The number of rotatable bonds is 9. The quantitative estimate of drug-likeness (QED) is 0.190.